The Kier molecular flexibility index (Phi) is 3.01. The van der Waals surface area contributed by atoms with Gasteiger partial charge in [-0.1, -0.05) is 17.7 Å². The van der Waals surface area contributed by atoms with Gasteiger partial charge in [-0.2, -0.15) is 0 Å². The molecule has 0 saturated carbocycles. The molecule has 1 aromatic carbocycles. The predicted molar refractivity (Wildman–Crippen MR) is 74.3 cm³/mol. The van der Waals surface area contributed by atoms with Gasteiger partial charge in [-0.3, -0.25) is 4.98 Å². The second-order valence-corrected chi connectivity index (χ2v) is 4.29. The van der Waals surface area contributed by atoms with E-state index in [-0.39, 0.29) is 0 Å². The lowest BCUT2D eigenvalue weighted by atomic mass is 10.2. The molecule has 19 heavy (non-hydrogen) atoms. The third kappa shape index (κ3) is 2.11. The van der Waals surface area contributed by atoms with Gasteiger partial charge in [0.25, 0.3) is 0 Å². The number of nitrogens with zero attached hydrogens (tertiary/aromatic N) is 3. The molecule has 2 aromatic heterocycles. The summed E-state index contributed by atoms with van der Waals surface area (Å²) in [4.78, 5) is 12.9. The molecular formula is C14H10ClN3O. The molecule has 3 rings (SSSR count). The van der Waals surface area contributed by atoms with Crippen LogP contribution in [0.5, 0.6) is 5.75 Å². The van der Waals surface area contributed by atoms with Crippen LogP contribution in [0.2, 0.25) is 5.15 Å². The average Bonchev–Trinajstić information content (AvgIpc) is 2.47. The van der Waals surface area contributed by atoms with Crippen molar-refractivity contribution in [3.8, 4) is 17.1 Å². The summed E-state index contributed by atoms with van der Waals surface area (Å²) in [6.07, 6.45) is 3.40. The summed E-state index contributed by atoms with van der Waals surface area (Å²) in [5.41, 5.74) is 1.51. The Morgan fingerprint density at radius 3 is 2.74 bits per heavy atom. The maximum absolute atomic E-state index is 6.21. The lowest BCUT2D eigenvalue weighted by Crippen LogP contribution is -1.94. The van der Waals surface area contributed by atoms with Crippen LogP contribution in [0.15, 0.2) is 42.7 Å². The van der Waals surface area contributed by atoms with Crippen molar-refractivity contribution in [1.29, 1.82) is 0 Å². The standard InChI is InChI=1S/C14H10ClN3O/c1-19-11-6-2-5-10-12(11)17-14(18-13(10)15)9-4-3-7-16-8-9/h2-8H,1H3. The van der Waals surface area contributed by atoms with E-state index < -0.39 is 0 Å². The maximum atomic E-state index is 6.21. The van der Waals surface area contributed by atoms with Crippen molar-refractivity contribution in [3.05, 3.63) is 47.9 Å². The number of hydrogen-bond donors (Lipinski definition) is 0. The zero-order valence-electron chi connectivity index (χ0n) is 10.2. The van der Waals surface area contributed by atoms with Gasteiger partial charge in [0, 0.05) is 23.3 Å². The van der Waals surface area contributed by atoms with Gasteiger partial charge in [0.2, 0.25) is 0 Å². The van der Waals surface area contributed by atoms with Crippen LogP contribution < -0.4 is 4.74 Å². The van der Waals surface area contributed by atoms with Gasteiger partial charge in [0.05, 0.1) is 7.11 Å². The number of aromatic nitrogens is 3. The number of methoxy groups -OCH3 is 1. The first-order valence-electron chi connectivity index (χ1n) is 5.70. The minimum Gasteiger partial charge on any atom is -0.494 e. The molecule has 0 aliphatic rings. The topological polar surface area (TPSA) is 47.9 Å². The summed E-state index contributed by atoms with van der Waals surface area (Å²) in [6, 6.07) is 9.30. The number of benzene rings is 1. The van der Waals surface area contributed by atoms with Crippen LogP contribution in [0.25, 0.3) is 22.3 Å². The quantitative estimate of drug-likeness (QED) is 0.671. The first kappa shape index (κ1) is 11.9. The molecule has 0 fully saturated rings. The molecule has 94 valence electrons. The molecule has 0 aliphatic heterocycles. The number of halogens is 1. The summed E-state index contributed by atoms with van der Waals surface area (Å²) >= 11 is 6.21. The van der Waals surface area contributed by atoms with E-state index in [0.29, 0.717) is 22.2 Å². The van der Waals surface area contributed by atoms with E-state index >= 15 is 0 Å². The second-order valence-electron chi connectivity index (χ2n) is 3.94. The third-order valence-electron chi connectivity index (χ3n) is 2.78. The number of hydrogen-bond acceptors (Lipinski definition) is 4. The van der Waals surface area contributed by atoms with E-state index in [0.717, 1.165) is 10.9 Å². The lowest BCUT2D eigenvalue weighted by Gasteiger charge is -2.07. The van der Waals surface area contributed by atoms with Crippen molar-refractivity contribution in [1.82, 2.24) is 15.0 Å². The summed E-state index contributed by atoms with van der Waals surface area (Å²) in [5.74, 6) is 1.21. The van der Waals surface area contributed by atoms with E-state index in [9.17, 15) is 0 Å². The molecule has 0 bridgehead atoms. The predicted octanol–water partition coefficient (Wildman–Crippen LogP) is 3.35. The molecule has 0 aliphatic carbocycles. The van der Waals surface area contributed by atoms with Gasteiger partial charge in [-0.05, 0) is 24.3 Å². The molecule has 0 spiro atoms. The van der Waals surface area contributed by atoms with Gasteiger partial charge in [0.1, 0.15) is 16.4 Å². The molecule has 5 heteroatoms. The van der Waals surface area contributed by atoms with Gasteiger partial charge < -0.3 is 4.74 Å². The normalized spacial score (nSPS) is 10.6. The van der Waals surface area contributed by atoms with Gasteiger partial charge in [0.15, 0.2) is 5.82 Å². The fraction of sp³-hybridized carbons (Fsp3) is 0.0714. The Morgan fingerprint density at radius 2 is 2.00 bits per heavy atom. The Balaban J connectivity index is 2.29. The summed E-state index contributed by atoms with van der Waals surface area (Å²) in [6.45, 7) is 0. The van der Waals surface area contributed by atoms with E-state index in [1.165, 1.54) is 0 Å². The summed E-state index contributed by atoms with van der Waals surface area (Å²) < 4.78 is 5.31. The molecule has 0 amide bonds. The minimum absolute atomic E-state index is 0.405. The van der Waals surface area contributed by atoms with Crippen molar-refractivity contribution in [3.63, 3.8) is 0 Å². The molecular weight excluding hydrogens is 262 g/mol. The van der Waals surface area contributed by atoms with Gasteiger partial charge in [-0.25, -0.2) is 9.97 Å². The van der Waals surface area contributed by atoms with Crippen molar-refractivity contribution in [2.75, 3.05) is 7.11 Å². The summed E-state index contributed by atoms with van der Waals surface area (Å²) in [7, 11) is 1.61. The van der Waals surface area contributed by atoms with Gasteiger partial charge in [-0.15, -0.1) is 0 Å². The van der Waals surface area contributed by atoms with E-state index in [2.05, 4.69) is 15.0 Å². The number of fused-ring (bicyclic) bond motifs is 1. The van der Waals surface area contributed by atoms with Crippen LogP contribution in [0.1, 0.15) is 0 Å². The van der Waals surface area contributed by atoms with Crippen LogP contribution in [-0.2, 0) is 0 Å². The second kappa shape index (κ2) is 4.82. The monoisotopic (exact) mass is 271 g/mol. The van der Waals surface area contributed by atoms with Crippen molar-refractivity contribution < 1.29 is 4.74 Å². The molecule has 3 aromatic rings. The van der Waals surface area contributed by atoms with Crippen LogP contribution in [-0.4, -0.2) is 22.1 Å². The van der Waals surface area contributed by atoms with Crippen molar-refractivity contribution in [2.24, 2.45) is 0 Å². The van der Waals surface area contributed by atoms with E-state index in [4.69, 9.17) is 16.3 Å². The smallest absolute Gasteiger partial charge is 0.163 e. The lowest BCUT2D eigenvalue weighted by molar-refractivity contribution is 0.419. The summed E-state index contributed by atoms with van der Waals surface area (Å²) in [5, 5.41) is 1.18. The zero-order chi connectivity index (χ0) is 13.2. The molecule has 4 nitrogen and oxygen atoms in total. The van der Waals surface area contributed by atoms with E-state index in [1.807, 2.05) is 30.3 Å². The molecule has 2 heterocycles. The fourth-order valence-corrected chi connectivity index (χ4v) is 2.11. The number of para-hydroxylation sites is 1. The highest BCUT2D eigenvalue weighted by molar-refractivity contribution is 6.34. The first-order valence-corrected chi connectivity index (χ1v) is 6.08. The van der Waals surface area contributed by atoms with Crippen LogP contribution >= 0.6 is 11.6 Å². The number of rotatable bonds is 2. The Hall–Kier alpha value is -2.20. The molecule has 0 N–H and O–H groups in total. The van der Waals surface area contributed by atoms with Crippen LogP contribution in [0, 0.1) is 0 Å². The largest absolute Gasteiger partial charge is 0.494 e. The average molecular weight is 272 g/mol. The SMILES string of the molecule is COc1cccc2c(Cl)nc(-c3cccnc3)nc12. The highest BCUT2D eigenvalue weighted by atomic mass is 35.5. The molecule has 0 atom stereocenters. The first-order chi connectivity index (χ1) is 9.29. The van der Waals surface area contributed by atoms with Crippen molar-refractivity contribution >= 4 is 22.5 Å². The zero-order valence-corrected chi connectivity index (χ0v) is 10.9. The highest BCUT2D eigenvalue weighted by Crippen LogP contribution is 2.30. The fourth-order valence-electron chi connectivity index (χ4n) is 1.88. The van der Waals surface area contributed by atoms with Crippen LogP contribution in [0.4, 0.5) is 0 Å². The minimum atomic E-state index is 0.405. The van der Waals surface area contributed by atoms with Crippen LogP contribution in [0.3, 0.4) is 0 Å². The number of ether oxygens (including phenoxy) is 1. The van der Waals surface area contributed by atoms with Gasteiger partial charge >= 0.3 is 0 Å². The third-order valence-corrected chi connectivity index (χ3v) is 3.07. The van der Waals surface area contributed by atoms with E-state index in [1.54, 1.807) is 19.5 Å². The number of pyridine rings is 1. The van der Waals surface area contributed by atoms with Crippen molar-refractivity contribution in [2.45, 2.75) is 0 Å². The Bertz CT molecular complexity index is 731. The maximum Gasteiger partial charge on any atom is 0.163 e. The molecule has 0 unspecified atom stereocenters. The Morgan fingerprint density at radius 1 is 1.11 bits per heavy atom. The molecule has 0 saturated heterocycles. The molecule has 0 radical (unpaired) electrons. The highest BCUT2D eigenvalue weighted by Gasteiger charge is 2.11. The Labute approximate surface area is 115 Å².